The van der Waals surface area contributed by atoms with E-state index in [-0.39, 0.29) is 23.7 Å². The van der Waals surface area contributed by atoms with E-state index in [1.54, 1.807) is 30.1 Å². The molecular formula is C23H26ClN7O. The summed E-state index contributed by atoms with van der Waals surface area (Å²) in [4.78, 5) is 26.2. The molecule has 0 saturated carbocycles. The molecule has 166 valence electrons. The minimum absolute atomic E-state index is 0.0938. The minimum atomic E-state index is -0.0938. The number of rotatable bonds is 3. The van der Waals surface area contributed by atoms with E-state index in [1.807, 2.05) is 6.07 Å². The van der Waals surface area contributed by atoms with E-state index < -0.39 is 0 Å². The lowest BCUT2D eigenvalue weighted by Gasteiger charge is -2.47. The quantitative estimate of drug-likeness (QED) is 0.513. The number of pyridine rings is 1. The van der Waals surface area contributed by atoms with Crippen LogP contribution in [0.25, 0.3) is 22.1 Å². The van der Waals surface area contributed by atoms with Crippen molar-refractivity contribution in [3.05, 3.63) is 57.7 Å². The van der Waals surface area contributed by atoms with Crippen LogP contribution < -0.4 is 10.5 Å². The number of aryl methyl sites for hydroxylation is 1. The fraction of sp³-hybridized carbons (Fsp3) is 0.391. The summed E-state index contributed by atoms with van der Waals surface area (Å²) in [5.41, 5.74) is 5.15. The van der Waals surface area contributed by atoms with Gasteiger partial charge in [0, 0.05) is 56.7 Å². The molecule has 1 aromatic carbocycles. The highest BCUT2D eigenvalue weighted by Crippen LogP contribution is 2.34. The van der Waals surface area contributed by atoms with Crippen LogP contribution >= 0.6 is 11.6 Å². The Kier molecular flexibility index (Phi) is 5.14. The molecule has 3 atom stereocenters. The number of aromatic nitrogens is 5. The van der Waals surface area contributed by atoms with Crippen molar-refractivity contribution < 1.29 is 0 Å². The van der Waals surface area contributed by atoms with Gasteiger partial charge in [0.05, 0.1) is 16.7 Å². The molecule has 0 bridgehead atoms. The van der Waals surface area contributed by atoms with Crippen molar-refractivity contribution in [1.29, 1.82) is 0 Å². The zero-order valence-corrected chi connectivity index (χ0v) is 19.3. The minimum Gasteiger partial charge on any atom is -0.364 e. The predicted octanol–water partition coefficient (Wildman–Crippen LogP) is 3.52. The fourth-order valence-electron chi connectivity index (χ4n) is 4.87. The lowest BCUT2D eigenvalue weighted by atomic mass is 10.00. The molecule has 1 saturated heterocycles. The van der Waals surface area contributed by atoms with Gasteiger partial charge < -0.3 is 9.47 Å². The molecule has 1 N–H and O–H groups in total. The number of hydrogen-bond donors (Lipinski definition) is 1. The van der Waals surface area contributed by atoms with Gasteiger partial charge in [-0.15, -0.1) is 0 Å². The van der Waals surface area contributed by atoms with Gasteiger partial charge in [0.1, 0.15) is 16.2 Å². The molecule has 0 spiro atoms. The first-order valence-corrected chi connectivity index (χ1v) is 11.2. The van der Waals surface area contributed by atoms with E-state index in [4.69, 9.17) is 11.6 Å². The third kappa shape index (κ3) is 3.34. The second kappa shape index (κ2) is 7.86. The molecule has 5 rings (SSSR count). The molecule has 4 heterocycles. The smallest absolute Gasteiger partial charge is 0.253 e. The van der Waals surface area contributed by atoms with Crippen LogP contribution in [0.1, 0.15) is 32.4 Å². The monoisotopic (exact) mass is 451 g/mol. The Morgan fingerprint density at radius 2 is 1.84 bits per heavy atom. The van der Waals surface area contributed by atoms with Crippen molar-refractivity contribution in [1.82, 2.24) is 29.6 Å². The Morgan fingerprint density at radius 3 is 2.62 bits per heavy atom. The molecule has 9 heteroatoms. The maximum absolute atomic E-state index is 12.6. The summed E-state index contributed by atoms with van der Waals surface area (Å²) in [6, 6.07) is 8.67. The normalized spacial score (nSPS) is 20.8. The zero-order valence-electron chi connectivity index (χ0n) is 18.6. The number of halogens is 1. The van der Waals surface area contributed by atoms with E-state index >= 15 is 0 Å². The van der Waals surface area contributed by atoms with Crippen molar-refractivity contribution in [2.45, 2.75) is 38.9 Å². The number of anilines is 1. The summed E-state index contributed by atoms with van der Waals surface area (Å²) in [6.07, 6.45) is 3.45. The van der Waals surface area contributed by atoms with Crippen LogP contribution in [-0.2, 0) is 7.05 Å². The molecule has 1 aliphatic rings. The standard InChI is InChI=1S/C23H26ClN7O/c1-13-12-31(19-10-20(32)29(4)22-21(19)27-28-23(22)24)14(2)11-30(13)15(3)16-5-6-17-18(9-16)26-8-7-25-17/h5-10,13-15H,11-12H2,1-4H3,(H,27,28)/t13-,14+,15-/m1/s1. The van der Waals surface area contributed by atoms with E-state index in [1.165, 1.54) is 5.56 Å². The van der Waals surface area contributed by atoms with Crippen LogP contribution in [0.5, 0.6) is 0 Å². The molecule has 0 amide bonds. The van der Waals surface area contributed by atoms with Crippen LogP contribution in [0, 0.1) is 0 Å². The molecular weight excluding hydrogens is 426 g/mol. The molecule has 0 radical (unpaired) electrons. The Labute approximate surface area is 190 Å². The van der Waals surface area contributed by atoms with Gasteiger partial charge in [-0.2, -0.15) is 5.10 Å². The largest absolute Gasteiger partial charge is 0.364 e. The van der Waals surface area contributed by atoms with Gasteiger partial charge in [0.25, 0.3) is 5.56 Å². The molecule has 4 aromatic rings. The number of nitrogens with one attached hydrogen (secondary N) is 1. The van der Waals surface area contributed by atoms with Gasteiger partial charge in [-0.3, -0.25) is 24.8 Å². The Hall–Kier alpha value is -2.97. The van der Waals surface area contributed by atoms with Gasteiger partial charge in [0.2, 0.25) is 0 Å². The van der Waals surface area contributed by atoms with E-state index in [2.05, 4.69) is 62.9 Å². The van der Waals surface area contributed by atoms with Crippen molar-refractivity contribution >= 4 is 39.4 Å². The van der Waals surface area contributed by atoms with Gasteiger partial charge in [-0.1, -0.05) is 17.7 Å². The highest BCUT2D eigenvalue weighted by Gasteiger charge is 2.34. The van der Waals surface area contributed by atoms with Crippen molar-refractivity contribution in [3.63, 3.8) is 0 Å². The first-order valence-electron chi connectivity index (χ1n) is 10.8. The second-order valence-corrected chi connectivity index (χ2v) is 9.07. The topological polar surface area (TPSA) is 82.9 Å². The van der Waals surface area contributed by atoms with Crippen LogP contribution in [-0.4, -0.2) is 54.8 Å². The Bertz CT molecular complexity index is 1360. The molecule has 1 fully saturated rings. The first-order chi connectivity index (χ1) is 15.3. The number of piperazine rings is 1. The van der Waals surface area contributed by atoms with E-state index in [0.717, 1.165) is 35.3 Å². The highest BCUT2D eigenvalue weighted by atomic mass is 35.5. The molecule has 0 aliphatic carbocycles. The average Bonchev–Trinajstić information content (AvgIpc) is 3.18. The molecule has 8 nitrogen and oxygen atoms in total. The van der Waals surface area contributed by atoms with Gasteiger partial charge >= 0.3 is 0 Å². The predicted molar refractivity (Wildman–Crippen MR) is 127 cm³/mol. The summed E-state index contributed by atoms with van der Waals surface area (Å²) >= 11 is 6.29. The number of fused-ring (bicyclic) bond motifs is 2. The van der Waals surface area contributed by atoms with Crippen LogP contribution in [0.4, 0.5) is 5.69 Å². The number of hydrogen-bond acceptors (Lipinski definition) is 6. The lowest BCUT2D eigenvalue weighted by molar-refractivity contribution is 0.119. The summed E-state index contributed by atoms with van der Waals surface area (Å²) in [6.45, 7) is 8.29. The summed E-state index contributed by atoms with van der Waals surface area (Å²) in [5.74, 6) is 0. The third-order valence-corrected chi connectivity index (χ3v) is 6.95. The van der Waals surface area contributed by atoms with Crippen LogP contribution in [0.15, 0.2) is 41.5 Å². The second-order valence-electron chi connectivity index (χ2n) is 8.69. The summed E-state index contributed by atoms with van der Waals surface area (Å²) in [5, 5.41) is 7.60. The molecule has 3 aromatic heterocycles. The molecule has 1 aliphatic heterocycles. The van der Waals surface area contributed by atoms with Gasteiger partial charge in [-0.05, 0) is 38.5 Å². The summed E-state index contributed by atoms with van der Waals surface area (Å²) < 4.78 is 1.54. The van der Waals surface area contributed by atoms with Crippen molar-refractivity contribution in [3.8, 4) is 0 Å². The summed E-state index contributed by atoms with van der Waals surface area (Å²) in [7, 11) is 1.72. The zero-order chi connectivity index (χ0) is 22.6. The molecule has 0 unspecified atom stereocenters. The van der Waals surface area contributed by atoms with Crippen LogP contribution in [0.3, 0.4) is 0 Å². The molecule has 32 heavy (non-hydrogen) atoms. The number of aromatic amines is 1. The first kappa shape index (κ1) is 20.9. The highest BCUT2D eigenvalue weighted by molar-refractivity contribution is 6.34. The number of nitrogens with zero attached hydrogens (tertiary/aromatic N) is 6. The van der Waals surface area contributed by atoms with E-state index in [9.17, 15) is 4.79 Å². The third-order valence-electron chi connectivity index (χ3n) is 6.68. The fourth-order valence-corrected chi connectivity index (χ4v) is 5.13. The van der Waals surface area contributed by atoms with E-state index in [0.29, 0.717) is 10.7 Å². The Morgan fingerprint density at radius 1 is 1.09 bits per heavy atom. The maximum Gasteiger partial charge on any atom is 0.253 e. The van der Waals surface area contributed by atoms with Gasteiger partial charge in [0.15, 0.2) is 0 Å². The van der Waals surface area contributed by atoms with Gasteiger partial charge in [-0.25, -0.2) is 0 Å². The van der Waals surface area contributed by atoms with Crippen molar-refractivity contribution in [2.24, 2.45) is 7.05 Å². The maximum atomic E-state index is 12.6. The average molecular weight is 452 g/mol. The van der Waals surface area contributed by atoms with Crippen LogP contribution in [0.2, 0.25) is 5.15 Å². The Balaban J connectivity index is 1.45. The van der Waals surface area contributed by atoms with Crippen molar-refractivity contribution in [2.75, 3.05) is 18.0 Å². The number of benzene rings is 1. The lowest BCUT2D eigenvalue weighted by Crippen LogP contribution is -2.57. The number of H-pyrrole nitrogens is 1. The SMILES string of the molecule is C[C@@H]1CN(c2cc(=O)n(C)c3c(Cl)[nH]nc23)[C@@H](C)CN1[C@H](C)c1ccc2nccnc2c1.